The molecule has 0 spiro atoms. The van der Waals surface area contributed by atoms with E-state index in [2.05, 4.69) is 39.2 Å². The number of nitrogens with one attached hydrogen (secondary N) is 1. The average Bonchev–Trinajstić information content (AvgIpc) is 2.12. The van der Waals surface area contributed by atoms with Crippen molar-refractivity contribution < 1.29 is 18.8 Å². The maximum Gasteiger partial charge on any atom is 0.304 e. The standard InChI is InChI=1S/C13H25NO4Si/c1-8(18-19(6,7)13(3,4)5)10-11(16)14-12(10)17-9(2)15/h8,10,12H,1-7H3,(H,14,16)/t8-,10?,12?/m1/s1. The van der Waals surface area contributed by atoms with Gasteiger partial charge in [0.15, 0.2) is 14.5 Å². The summed E-state index contributed by atoms with van der Waals surface area (Å²) in [7, 11) is -1.93. The molecule has 1 fully saturated rings. The molecule has 19 heavy (non-hydrogen) atoms. The first kappa shape index (κ1) is 16.2. The van der Waals surface area contributed by atoms with Crippen LogP contribution in [0.2, 0.25) is 18.1 Å². The molecule has 1 saturated heterocycles. The number of hydrogen-bond donors (Lipinski definition) is 1. The number of esters is 1. The van der Waals surface area contributed by atoms with Gasteiger partial charge in [0.2, 0.25) is 5.91 Å². The number of amides is 1. The normalized spacial score (nSPS) is 25.3. The maximum absolute atomic E-state index is 11.6. The monoisotopic (exact) mass is 287 g/mol. The average molecular weight is 287 g/mol. The van der Waals surface area contributed by atoms with Crippen molar-refractivity contribution in [3.8, 4) is 0 Å². The third-order valence-electron chi connectivity index (χ3n) is 4.00. The van der Waals surface area contributed by atoms with Crippen LogP contribution >= 0.6 is 0 Å². The second-order valence-corrected chi connectivity index (χ2v) is 11.4. The second-order valence-electron chi connectivity index (χ2n) is 6.65. The number of hydrogen-bond acceptors (Lipinski definition) is 4. The van der Waals surface area contributed by atoms with E-state index in [1.807, 2.05) is 6.92 Å². The first-order chi connectivity index (χ1) is 8.45. The summed E-state index contributed by atoms with van der Waals surface area (Å²) in [5, 5.41) is 2.66. The Balaban J connectivity index is 2.69. The molecule has 0 aromatic rings. The van der Waals surface area contributed by atoms with Gasteiger partial charge in [-0.1, -0.05) is 20.8 Å². The zero-order valence-corrected chi connectivity index (χ0v) is 13.9. The summed E-state index contributed by atoms with van der Waals surface area (Å²) in [5.74, 6) is -0.912. The zero-order chi connectivity index (χ0) is 15.0. The Kier molecular flexibility index (Phi) is 4.46. The maximum atomic E-state index is 11.6. The minimum absolute atomic E-state index is 0.0818. The molecule has 0 bridgehead atoms. The van der Waals surface area contributed by atoms with Crippen molar-refractivity contribution in [2.45, 2.75) is 65.1 Å². The van der Waals surface area contributed by atoms with Crippen molar-refractivity contribution in [1.29, 1.82) is 0 Å². The molecular weight excluding hydrogens is 262 g/mol. The SMILES string of the molecule is CC(=O)OC1NC(=O)C1[C@@H](C)O[Si](C)(C)C(C)(C)C. The molecular formula is C13H25NO4Si. The fourth-order valence-corrected chi connectivity index (χ4v) is 3.25. The smallest absolute Gasteiger partial charge is 0.304 e. The van der Waals surface area contributed by atoms with Crippen molar-refractivity contribution in [2.75, 3.05) is 0 Å². The number of carbonyl (C=O) groups is 2. The largest absolute Gasteiger partial charge is 0.441 e. The molecule has 1 heterocycles. The van der Waals surface area contributed by atoms with Gasteiger partial charge in [0.25, 0.3) is 0 Å². The van der Waals surface area contributed by atoms with Crippen LogP contribution in [-0.4, -0.2) is 32.5 Å². The molecule has 1 rings (SSSR count). The van der Waals surface area contributed by atoms with Gasteiger partial charge in [-0.2, -0.15) is 0 Å². The van der Waals surface area contributed by atoms with Crippen LogP contribution in [0, 0.1) is 5.92 Å². The van der Waals surface area contributed by atoms with E-state index in [1.165, 1.54) is 6.92 Å². The third-order valence-corrected chi connectivity index (χ3v) is 8.57. The van der Waals surface area contributed by atoms with E-state index in [0.29, 0.717) is 0 Å². The van der Waals surface area contributed by atoms with Crippen molar-refractivity contribution in [3.05, 3.63) is 0 Å². The van der Waals surface area contributed by atoms with Crippen LogP contribution in [-0.2, 0) is 18.8 Å². The minimum atomic E-state index is -1.93. The van der Waals surface area contributed by atoms with Gasteiger partial charge in [-0.25, -0.2) is 0 Å². The number of rotatable bonds is 4. The molecule has 110 valence electrons. The summed E-state index contributed by atoms with van der Waals surface area (Å²) in [6.45, 7) is 13.9. The molecule has 1 aliphatic heterocycles. The highest BCUT2D eigenvalue weighted by atomic mass is 28.4. The molecule has 0 saturated carbocycles. The van der Waals surface area contributed by atoms with E-state index in [-0.39, 0.29) is 17.0 Å². The highest BCUT2D eigenvalue weighted by Crippen LogP contribution is 2.39. The van der Waals surface area contributed by atoms with Gasteiger partial charge in [-0.3, -0.25) is 9.59 Å². The lowest BCUT2D eigenvalue weighted by molar-refractivity contribution is -0.173. The van der Waals surface area contributed by atoms with E-state index in [9.17, 15) is 9.59 Å². The fourth-order valence-electron chi connectivity index (χ4n) is 1.82. The molecule has 1 N–H and O–H groups in total. The Morgan fingerprint density at radius 1 is 1.37 bits per heavy atom. The highest BCUT2D eigenvalue weighted by molar-refractivity contribution is 6.74. The topological polar surface area (TPSA) is 64.6 Å². The summed E-state index contributed by atoms with van der Waals surface area (Å²) >= 11 is 0. The summed E-state index contributed by atoms with van der Waals surface area (Å²) in [6.07, 6.45) is -0.802. The van der Waals surface area contributed by atoms with Crippen LogP contribution in [0.25, 0.3) is 0 Å². The Morgan fingerprint density at radius 2 is 1.89 bits per heavy atom. The Bertz CT molecular complexity index is 375. The van der Waals surface area contributed by atoms with E-state index < -0.39 is 26.4 Å². The van der Waals surface area contributed by atoms with Crippen molar-refractivity contribution in [3.63, 3.8) is 0 Å². The molecule has 0 radical (unpaired) electrons. The molecule has 1 aliphatic rings. The van der Waals surface area contributed by atoms with Crippen LogP contribution in [0.3, 0.4) is 0 Å². The van der Waals surface area contributed by atoms with Crippen LogP contribution in [0.4, 0.5) is 0 Å². The third kappa shape index (κ3) is 3.57. The number of ether oxygens (including phenoxy) is 1. The zero-order valence-electron chi connectivity index (χ0n) is 12.9. The summed E-state index contributed by atoms with van der Waals surface area (Å²) in [4.78, 5) is 22.6. The second kappa shape index (κ2) is 5.24. The van der Waals surface area contributed by atoms with Crippen LogP contribution in [0.1, 0.15) is 34.6 Å². The van der Waals surface area contributed by atoms with Crippen LogP contribution in [0.5, 0.6) is 0 Å². The number of β-lactam (4-membered cyclic amide) rings is 1. The van der Waals surface area contributed by atoms with Crippen LogP contribution in [0.15, 0.2) is 0 Å². The summed E-state index contributed by atoms with van der Waals surface area (Å²) in [6, 6.07) is 0. The van der Waals surface area contributed by atoms with Crippen molar-refractivity contribution in [1.82, 2.24) is 5.32 Å². The molecule has 5 nitrogen and oxygen atoms in total. The lowest BCUT2D eigenvalue weighted by atomic mass is 9.93. The molecule has 0 aromatic carbocycles. The lowest BCUT2D eigenvalue weighted by Gasteiger charge is -2.44. The van der Waals surface area contributed by atoms with Gasteiger partial charge in [0.05, 0.1) is 6.10 Å². The number of carbonyl (C=O) groups excluding carboxylic acids is 2. The van der Waals surface area contributed by atoms with Gasteiger partial charge < -0.3 is 14.5 Å². The summed E-state index contributed by atoms with van der Waals surface area (Å²) < 4.78 is 11.2. The predicted molar refractivity (Wildman–Crippen MR) is 74.9 cm³/mol. The summed E-state index contributed by atoms with van der Waals surface area (Å²) in [5.41, 5.74) is 0. The van der Waals surface area contributed by atoms with Gasteiger partial charge >= 0.3 is 5.97 Å². The van der Waals surface area contributed by atoms with E-state index in [4.69, 9.17) is 9.16 Å². The Labute approximate surface area is 116 Å². The highest BCUT2D eigenvalue weighted by Gasteiger charge is 2.49. The Hall–Kier alpha value is -0.883. The van der Waals surface area contributed by atoms with Crippen molar-refractivity contribution in [2.24, 2.45) is 5.92 Å². The molecule has 0 aliphatic carbocycles. The van der Waals surface area contributed by atoms with E-state index >= 15 is 0 Å². The van der Waals surface area contributed by atoms with Gasteiger partial charge in [0, 0.05) is 6.92 Å². The molecule has 6 heteroatoms. The van der Waals surface area contributed by atoms with Gasteiger partial charge in [0.1, 0.15) is 5.92 Å². The van der Waals surface area contributed by atoms with E-state index in [0.717, 1.165) is 0 Å². The van der Waals surface area contributed by atoms with Crippen molar-refractivity contribution >= 4 is 20.2 Å². The molecule has 0 aromatic heterocycles. The van der Waals surface area contributed by atoms with Gasteiger partial charge in [-0.05, 0) is 25.1 Å². The van der Waals surface area contributed by atoms with E-state index in [1.54, 1.807) is 0 Å². The van der Waals surface area contributed by atoms with Crippen LogP contribution < -0.4 is 5.32 Å². The Morgan fingerprint density at radius 3 is 2.26 bits per heavy atom. The minimum Gasteiger partial charge on any atom is -0.441 e. The quantitative estimate of drug-likeness (QED) is 0.488. The predicted octanol–water partition coefficient (Wildman–Crippen LogP) is 2.03. The molecule has 1 amide bonds. The first-order valence-electron chi connectivity index (χ1n) is 6.61. The van der Waals surface area contributed by atoms with Gasteiger partial charge in [-0.15, -0.1) is 0 Å². The molecule has 2 unspecified atom stereocenters. The fraction of sp³-hybridized carbons (Fsp3) is 0.846. The lowest BCUT2D eigenvalue weighted by Crippen LogP contribution is -2.65. The first-order valence-corrected chi connectivity index (χ1v) is 9.52. The molecule has 3 atom stereocenters.